The maximum absolute atomic E-state index is 2.27. The Labute approximate surface area is 61.4 Å². The van der Waals surface area contributed by atoms with Crippen LogP contribution in [0.5, 0.6) is 0 Å². The second kappa shape index (κ2) is 2.53. The molecule has 0 amide bonds. The third-order valence-electron chi connectivity index (χ3n) is 2.49. The summed E-state index contributed by atoms with van der Waals surface area (Å²) in [6.45, 7) is 0. The number of hydrogen-bond acceptors (Lipinski definition) is 1. The zero-order chi connectivity index (χ0) is 6.10. The molecule has 0 unspecified atom stereocenters. The van der Waals surface area contributed by atoms with Crippen molar-refractivity contribution in [2.75, 3.05) is 0 Å². The van der Waals surface area contributed by atoms with Crippen molar-refractivity contribution in [2.45, 2.75) is 49.0 Å². The number of fused-ring (bicyclic) bond motifs is 2. The van der Waals surface area contributed by atoms with Crippen LogP contribution in [0.15, 0.2) is 0 Å². The zero-order valence-corrected chi connectivity index (χ0v) is 6.62. The van der Waals surface area contributed by atoms with Crippen molar-refractivity contribution in [3.63, 3.8) is 0 Å². The minimum absolute atomic E-state index is 1.07. The predicted molar refractivity (Wildman–Crippen MR) is 42.9 cm³/mol. The fourth-order valence-electron chi connectivity index (χ4n) is 1.98. The number of thioether (sulfide) groups is 1. The Balaban J connectivity index is 1.96. The molecule has 52 valence electrons. The first-order chi connectivity index (χ1) is 4.45. The van der Waals surface area contributed by atoms with Crippen LogP contribution in [-0.2, 0) is 0 Å². The highest BCUT2D eigenvalue weighted by atomic mass is 32.2. The van der Waals surface area contributed by atoms with Crippen LogP contribution in [0.3, 0.4) is 0 Å². The molecule has 0 spiro atoms. The summed E-state index contributed by atoms with van der Waals surface area (Å²) in [5.74, 6) is 0. The lowest BCUT2D eigenvalue weighted by atomic mass is 9.99. The fraction of sp³-hybridized carbons (Fsp3) is 1.00. The van der Waals surface area contributed by atoms with Gasteiger partial charge in [0.15, 0.2) is 0 Å². The summed E-state index contributed by atoms with van der Waals surface area (Å²) < 4.78 is 0. The van der Waals surface area contributed by atoms with Crippen molar-refractivity contribution in [1.29, 1.82) is 0 Å². The lowest BCUT2D eigenvalue weighted by molar-refractivity contribution is 0.490. The van der Waals surface area contributed by atoms with Crippen molar-refractivity contribution in [3.05, 3.63) is 0 Å². The van der Waals surface area contributed by atoms with Gasteiger partial charge >= 0.3 is 0 Å². The normalized spacial score (nSPS) is 42.7. The van der Waals surface area contributed by atoms with E-state index < -0.39 is 0 Å². The molecule has 0 radical (unpaired) electrons. The van der Waals surface area contributed by atoms with Crippen LogP contribution in [0.25, 0.3) is 0 Å². The van der Waals surface area contributed by atoms with Gasteiger partial charge < -0.3 is 0 Å². The summed E-state index contributed by atoms with van der Waals surface area (Å²) in [6.07, 6.45) is 9.09. The smallest absolute Gasteiger partial charge is 0.00498 e. The van der Waals surface area contributed by atoms with Crippen molar-refractivity contribution in [1.82, 2.24) is 0 Å². The second-order valence-corrected chi connectivity index (χ2v) is 4.85. The second-order valence-electron chi connectivity index (χ2n) is 3.24. The van der Waals surface area contributed by atoms with Crippen LogP contribution in [0, 0.1) is 0 Å². The molecule has 0 aromatic carbocycles. The molecule has 1 heteroatoms. The van der Waals surface area contributed by atoms with Crippen LogP contribution in [0.1, 0.15) is 38.5 Å². The van der Waals surface area contributed by atoms with Gasteiger partial charge in [0.25, 0.3) is 0 Å². The van der Waals surface area contributed by atoms with E-state index in [1.807, 2.05) is 0 Å². The lowest BCUT2D eigenvalue weighted by Gasteiger charge is -2.33. The molecule has 2 fully saturated rings. The van der Waals surface area contributed by atoms with Crippen LogP contribution in [-0.4, -0.2) is 10.5 Å². The zero-order valence-electron chi connectivity index (χ0n) is 5.81. The molecule has 0 atom stereocenters. The summed E-state index contributed by atoms with van der Waals surface area (Å²) in [5.41, 5.74) is 0. The van der Waals surface area contributed by atoms with Gasteiger partial charge in [0.2, 0.25) is 0 Å². The third-order valence-corrected chi connectivity index (χ3v) is 4.20. The summed E-state index contributed by atoms with van der Waals surface area (Å²) in [6, 6.07) is 0. The van der Waals surface area contributed by atoms with Crippen molar-refractivity contribution >= 4 is 11.8 Å². The summed E-state index contributed by atoms with van der Waals surface area (Å²) in [5, 5.41) is 2.13. The van der Waals surface area contributed by atoms with E-state index in [0.29, 0.717) is 0 Å². The Morgan fingerprint density at radius 1 is 0.778 bits per heavy atom. The van der Waals surface area contributed by atoms with E-state index in [0.717, 1.165) is 10.5 Å². The maximum Gasteiger partial charge on any atom is 0.00498 e. The standard InChI is InChI=1S/C8H14S/c1-3-7-5-2-6-8(4-1)9-7/h7-8H,1-6H2. The highest BCUT2D eigenvalue weighted by Crippen LogP contribution is 2.40. The Bertz CT molecular complexity index is 80.7. The number of hydrogen-bond donors (Lipinski definition) is 0. The van der Waals surface area contributed by atoms with Crippen LogP contribution >= 0.6 is 11.8 Å². The van der Waals surface area contributed by atoms with Crippen LogP contribution in [0.4, 0.5) is 0 Å². The van der Waals surface area contributed by atoms with Gasteiger partial charge in [-0.1, -0.05) is 12.8 Å². The first-order valence-corrected chi connectivity index (χ1v) is 5.05. The topological polar surface area (TPSA) is 0 Å². The van der Waals surface area contributed by atoms with Gasteiger partial charge in [-0.05, 0) is 25.7 Å². The van der Waals surface area contributed by atoms with E-state index in [-0.39, 0.29) is 0 Å². The van der Waals surface area contributed by atoms with Crippen molar-refractivity contribution < 1.29 is 0 Å². The molecule has 0 aromatic heterocycles. The fourth-order valence-corrected chi connectivity index (χ4v) is 3.73. The third kappa shape index (κ3) is 1.26. The Morgan fingerprint density at radius 2 is 1.22 bits per heavy atom. The van der Waals surface area contributed by atoms with E-state index in [4.69, 9.17) is 0 Å². The van der Waals surface area contributed by atoms with E-state index >= 15 is 0 Å². The van der Waals surface area contributed by atoms with E-state index in [1.165, 1.54) is 38.5 Å². The molecule has 9 heavy (non-hydrogen) atoms. The molecule has 0 nitrogen and oxygen atoms in total. The first kappa shape index (κ1) is 6.09. The molecule has 2 aliphatic rings. The molecule has 0 aliphatic carbocycles. The largest absolute Gasteiger partial charge is 0.155 e. The Hall–Kier alpha value is 0.350. The summed E-state index contributed by atoms with van der Waals surface area (Å²) in [7, 11) is 0. The van der Waals surface area contributed by atoms with Gasteiger partial charge in [-0.15, -0.1) is 0 Å². The van der Waals surface area contributed by atoms with Gasteiger partial charge in [-0.2, -0.15) is 11.8 Å². The number of rotatable bonds is 0. The first-order valence-electron chi connectivity index (χ1n) is 4.10. The maximum atomic E-state index is 2.27. The average Bonchev–Trinajstić information content (AvgIpc) is 1.88. The van der Waals surface area contributed by atoms with Gasteiger partial charge in [0.1, 0.15) is 0 Å². The molecular formula is C8H14S. The predicted octanol–water partition coefficient (Wildman–Crippen LogP) is 2.82. The van der Waals surface area contributed by atoms with E-state index in [9.17, 15) is 0 Å². The highest BCUT2D eigenvalue weighted by molar-refractivity contribution is 8.00. The van der Waals surface area contributed by atoms with E-state index in [1.54, 1.807) is 0 Å². The molecule has 2 aliphatic heterocycles. The SMILES string of the molecule is C1CC2CCCC(C1)S2. The molecular weight excluding hydrogens is 128 g/mol. The van der Waals surface area contributed by atoms with Gasteiger partial charge in [-0.3, -0.25) is 0 Å². The minimum atomic E-state index is 1.07. The molecule has 0 aromatic rings. The molecule has 2 bridgehead atoms. The van der Waals surface area contributed by atoms with Crippen molar-refractivity contribution in [3.8, 4) is 0 Å². The van der Waals surface area contributed by atoms with Crippen LogP contribution < -0.4 is 0 Å². The quantitative estimate of drug-likeness (QED) is 0.501. The van der Waals surface area contributed by atoms with Gasteiger partial charge in [-0.25, -0.2) is 0 Å². The van der Waals surface area contributed by atoms with Gasteiger partial charge in [0.05, 0.1) is 0 Å². The van der Waals surface area contributed by atoms with Gasteiger partial charge in [0, 0.05) is 10.5 Å². The summed E-state index contributed by atoms with van der Waals surface area (Å²) >= 11 is 2.27. The Morgan fingerprint density at radius 3 is 1.56 bits per heavy atom. The molecule has 2 rings (SSSR count). The average molecular weight is 142 g/mol. The molecule has 0 saturated carbocycles. The van der Waals surface area contributed by atoms with E-state index in [2.05, 4.69) is 11.8 Å². The molecule has 2 saturated heterocycles. The van der Waals surface area contributed by atoms with Crippen LogP contribution in [0.2, 0.25) is 0 Å². The molecule has 0 N–H and O–H groups in total. The molecule has 2 heterocycles. The lowest BCUT2D eigenvalue weighted by Crippen LogP contribution is -2.22. The van der Waals surface area contributed by atoms with Crippen molar-refractivity contribution in [2.24, 2.45) is 0 Å². The monoisotopic (exact) mass is 142 g/mol. The highest BCUT2D eigenvalue weighted by Gasteiger charge is 2.25. The summed E-state index contributed by atoms with van der Waals surface area (Å²) in [4.78, 5) is 0. The Kier molecular flexibility index (Phi) is 1.71. The minimum Gasteiger partial charge on any atom is -0.155 e.